The van der Waals surface area contributed by atoms with Crippen LogP contribution in [0, 0.1) is 6.92 Å². The molecule has 102 valence electrons. The van der Waals surface area contributed by atoms with E-state index in [-0.39, 0.29) is 18.4 Å². The van der Waals surface area contributed by atoms with Gasteiger partial charge in [-0.15, -0.1) is 12.4 Å². The molecule has 2 rings (SSSR count). The zero-order valence-electron chi connectivity index (χ0n) is 10.4. The van der Waals surface area contributed by atoms with Gasteiger partial charge in [-0.3, -0.25) is 0 Å². The average Bonchev–Trinajstić information content (AvgIpc) is 2.78. The predicted octanol–water partition coefficient (Wildman–Crippen LogP) is 1.53. The molecular weight excluding hydrogens is 272 g/mol. The first-order chi connectivity index (χ1) is 8.05. The summed E-state index contributed by atoms with van der Waals surface area (Å²) < 4.78 is 26.3. The van der Waals surface area contributed by atoms with Crippen LogP contribution in [0.4, 0.5) is 0 Å². The highest BCUT2D eigenvalue weighted by molar-refractivity contribution is 7.89. The molecule has 1 unspecified atom stereocenters. The van der Waals surface area contributed by atoms with Gasteiger partial charge in [0.2, 0.25) is 10.0 Å². The van der Waals surface area contributed by atoms with E-state index in [9.17, 15) is 8.42 Å². The summed E-state index contributed by atoms with van der Waals surface area (Å²) in [6.45, 7) is 2.91. The first-order valence-electron chi connectivity index (χ1n) is 5.84. The van der Waals surface area contributed by atoms with Crippen molar-refractivity contribution in [3.05, 3.63) is 29.8 Å². The Kier molecular flexibility index (Phi) is 5.16. The van der Waals surface area contributed by atoms with Crippen molar-refractivity contribution in [1.29, 1.82) is 0 Å². The van der Waals surface area contributed by atoms with Gasteiger partial charge in [0.05, 0.1) is 4.90 Å². The minimum Gasteiger partial charge on any atom is -0.329 e. The molecule has 0 aromatic heterocycles. The Hall–Kier alpha value is -0.620. The Morgan fingerprint density at radius 1 is 1.33 bits per heavy atom. The van der Waals surface area contributed by atoms with Gasteiger partial charge in [-0.2, -0.15) is 4.31 Å². The Morgan fingerprint density at radius 2 is 1.94 bits per heavy atom. The molecule has 0 spiro atoms. The fraction of sp³-hybridized carbons (Fsp3) is 0.500. The maximum absolute atomic E-state index is 12.4. The molecule has 0 amide bonds. The third-order valence-corrected chi connectivity index (χ3v) is 5.19. The molecule has 1 heterocycles. The van der Waals surface area contributed by atoms with Crippen molar-refractivity contribution < 1.29 is 8.42 Å². The largest absolute Gasteiger partial charge is 0.329 e. The molecule has 1 aliphatic heterocycles. The highest BCUT2D eigenvalue weighted by Gasteiger charge is 2.34. The molecule has 0 aliphatic carbocycles. The SMILES string of the molecule is Cc1ccc(S(=O)(=O)N2CCCC2CN)cc1.Cl. The lowest BCUT2D eigenvalue weighted by Crippen LogP contribution is -2.39. The van der Waals surface area contributed by atoms with E-state index in [0.717, 1.165) is 18.4 Å². The summed E-state index contributed by atoms with van der Waals surface area (Å²) in [5.74, 6) is 0. The van der Waals surface area contributed by atoms with Crippen LogP contribution in [0.2, 0.25) is 0 Å². The number of halogens is 1. The lowest BCUT2D eigenvalue weighted by atomic mass is 10.2. The number of hydrogen-bond donors (Lipinski definition) is 1. The van der Waals surface area contributed by atoms with Crippen LogP contribution in [0.5, 0.6) is 0 Å². The van der Waals surface area contributed by atoms with Crippen molar-refractivity contribution in [3.8, 4) is 0 Å². The molecule has 2 N–H and O–H groups in total. The summed E-state index contributed by atoms with van der Waals surface area (Å²) in [6.07, 6.45) is 1.76. The normalized spacial score (nSPS) is 20.7. The van der Waals surface area contributed by atoms with E-state index in [4.69, 9.17) is 5.73 Å². The zero-order valence-corrected chi connectivity index (χ0v) is 12.0. The molecule has 6 heteroatoms. The van der Waals surface area contributed by atoms with E-state index in [1.807, 2.05) is 19.1 Å². The van der Waals surface area contributed by atoms with Gasteiger partial charge in [-0.1, -0.05) is 17.7 Å². The van der Waals surface area contributed by atoms with Crippen molar-refractivity contribution in [1.82, 2.24) is 4.31 Å². The first-order valence-corrected chi connectivity index (χ1v) is 7.28. The van der Waals surface area contributed by atoms with Crippen LogP contribution in [0.3, 0.4) is 0 Å². The zero-order chi connectivity index (χ0) is 12.5. The fourth-order valence-electron chi connectivity index (χ4n) is 2.21. The highest BCUT2D eigenvalue weighted by Crippen LogP contribution is 2.25. The van der Waals surface area contributed by atoms with Gasteiger partial charge in [0.15, 0.2) is 0 Å². The number of nitrogens with two attached hydrogens (primary N) is 1. The number of aryl methyl sites for hydroxylation is 1. The summed E-state index contributed by atoms with van der Waals surface area (Å²) in [7, 11) is -3.36. The molecule has 1 aromatic carbocycles. The molecule has 0 saturated carbocycles. The number of sulfonamides is 1. The fourth-order valence-corrected chi connectivity index (χ4v) is 3.91. The lowest BCUT2D eigenvalue weighted by molar-refractivity contribution is 0.393. The lowest BCUT2D eigenvalue weighted by Gasteiger charge is -2.22. The van der Waals surface area contributed by atoms with E-state index in [2.05, 4.69) is 0 Å². The van der Waals surface area contributed by atoms with Gasteiger partial charge in [0.1, 0.15) is 0 Å². The molecule has 18 heavy (non-hydrogen) atoms. The molecule has 0 radical (unpaired) electrons. The van der Waals surface area contributed by atoms with Crippen molar-refractivity contribution in [2.75, 3.05) is 13.1 Å². The van der Waals surface area contributed by atoms with Crippen molar-refractivity contribution in [2.24, 2.45) is 5.73 Å². The van der Waals surface area contributed by atoms with Crippen LogP contribution in [-0.4, -0.2) is 31.9 Å². The standard InChI is InChI=1S/C12H18N2O2S.ClH/c1-10-4-6-12(7-5-10)17(15,16)14-8-2-3-11(14)9-13;/h4-7,11H,2-3,8-9,13H2,1H3;1H. The number of benzene rings is 1. The van der Waals surface area contributed by atoms with Crippen LogP contribution in [-0.2, 0) is 10.0 Å². The average molecular weight is 291 g/mol. The number of nitrogens with zero attached hydrogens (tertiary/aromatic N) is 1. The smallest absolute Gasteiger partial charge is 0.243 e. The highest BCUT2D eigenvalue weighted by atomic mass is 35.5. The van der Waals surface area contributed by atoms with Crippen LogP contribution >= 0.6 is 12.4 Å². The summed E-state index contributed by atoms with van der Waals surface area (Å²) in [4.78, 5) is 0.364. The Morgan fingerprint density at radius 3 is 2.50 bits per heavy atom. The summed E-state index contributed by atoms with van der Waals surface area (Å²) in [6, 6.07) is 6.93. The third-order valence-electron chi connectivity index (χ3n) is 3.22. The van der Waals surface area contributed by atoms with Gasteiger partial charge in [0, 0.05) is 19.1 Å². The second-order valence-electron chi connectivity index (χ2n) is 4.46. The number of hydrogen-bond acceptors (Lipinski definition) is 3. The van der Waals surface area contributed by atoms with Crippen molar-refractivity contribution in [3.63, 3.8) is 0 Å². The van der Waals surface area contributed by atoms with Gasteiger partial charge in [-0.25, -0.2) is 8.42 Å². The maximum atomic E-state index is 12.4. The quantitative estimate of drug-likeness (QED) is 0.918. The number of rotatable bonds is 3. The predicted molar refractivity (Wildman–Crippen MR) is 74.4 cm³/mol. The Labute approximate surface area is 115 Å². The molecule has 1 aromatic rings. The minimum atomic E-state index is -3.36. The van der Waals surface area contributed by atoms with E-state index in [1.54, 1.807) is 12.1 Å². The van der Waals surface area contributed by atoms with Gasteiger partial charge < -0.3 is 5.73 Å². The van der Waals surface area contributed by atoms with E-state index in [1.165, 1.54) is 4.31 Å². The Bertz CT molecular complexity index is 487. The Balaban J connectivity index is 0.00000162. The molecular formula is C12H19ClN2O2S. The monoisotopic (exact) mass is 290 g/mol. The molecule has 1 aliphatic rings. The minimum absolute atomic E-state index is 0. The van der Waals surface area contributed by atoms with Crippen LogP contribution < -0.4 is 5.73 Å². The molecule has 1 saturated heterocycles. The van der Waals surface area contributed by atoms with Crippen molar-refractivity contribution in [2.45, 2.75) is 30.7 Å². The maximum Gasteiger partial charge on any atom is 0.243 e. The topological polar surface area (TPSA) is 63.4 Å². The summed E-state index contributed by atoms with van der Waals surface area (Å²) >= 11 is 0. The van der Waals surface area contributed by atoms with Crippen LogP contribution in [0.15, 0.2) is 29.2 Å². The van der Waals surface area contributed by atoms with E-state index < -0.39 is 10.0 Å². The summed E-state index contributed by atoms with van der Waals surface area (Å²) in [5, 5.41) is 0. The second kappa shape index (κ2) is 6.02. The third kappa shape index (κ3) is 2.85. The molecule has 4 nitrogen and oxygen atoms in total. The van der Waals surface area contributed by atoms with Gasteiger partial charge >= 0.3 is 0 Å². The van der Waals surface area contributed by atoms with Gasteiger partial charge in [0.25, 0.3) is 0 Å². The first kappa shape index (κ1) is 15.4. The van der Waals surface area contributed by atoms with Crippen molar-refractivity contribution >= 4 is 22.4 Å². The second-order valence-corrected chi connectivity index (χ2v) is 6.35. The van der Waals surface area contributed by atoms with E-state index in [0.29, 0.717) is 18.0 Å². The summed E-state index contributed by atoms with van der Waals surface area (Å²) in [5.41, 5.74) is 6.67. The van der Waals surface area contributed by atoms with E-state index >= 15 is 0 Å². The molecule has 1 atom stereocenters. The van der Waals surface area contributed by atoms with Crippen LogP contribution in [0.1, 0.15) is 18.4 Å². The van der Waals surface area contributed by atoms with Crippen LogP contribution in [0.25, 0.3) is 0 Å². The van der Waals surface area contributed by atoms with Gasteiger partial charge in [-0.05, 0) is 31.9 Å². The molecule has 0 bridgehead atoms. The molecule has 1 fully saturated rings.